The molecule has 1 atom stereocenters. The van der Waals surface area contributed by atoms with E-state index in [0.29, 0.717) is 12.6 Å². The first-order valence-corrected chi connectivity index (χ1v) is 11.5. The molecule has 2 aliphatic heterocycles. The van der Waals surface area contributed by atoms with Crippen molar-refractivity contribution in [1.29, 1.82) is 0 Å². The number of likely N-dealkylation sites (tertiary alicyclic amines) is 1. The molecule has 1 aliphatic carbocycles. The van der Waals surface area contributed by atoms with E-state index in [9.17, 15) is 4.79 Å². The minimum Gasteiger partial charge on any atom is -0.379 e. The summed E-state index contributed by atoms with van der Waals surface area (Å²) in [7, 11) is 0. The zero-order valence-electron chi connectivity index (χ0n) is 18.1. The first-order valence-electron chi connectivity index (χ1n) is 11.5. The number of carbonyl (C=O) groups excluding carboxylic acids is 1. The lowest BCUT2D eigenvalue weighted by molar-refractivity contribution is -0.122. The molecule has 0 bridgehead atoms. The van der Waals surface area contributed by atoms with Crippen LogP contribution in [0.1, 0.15) is 38.2 Å². The monoisotopic (exact) mass is 413 g/mol. The van der Waals surface area contributed by atoms with Gasteiger partial charge in [0.25, 0.3) is 0 Å². The Kier molecular flexibility index (Phi) is 7.23. The number of guanidine groups is 1. The number of morpholine rings is 1. The fraction of sp³-hybridized carbons (Fsp3) is 0.652. The number of nitrogens with zero attached hydrogens (tertiary/aromatic N) is 3. The van der Waals surface area contributed by atoms with Crippen molar-refractivity contribution in [3.8, 4) is 0 Å². The molecule has 7 nitrogen and oxygen atoms in total. The minimum absolute atomic E-state index is 0.154. The lowest BCUT2D eigenvalue weighted by Crippen LogP contribution is -2.46. The topological polar surface area (TPSA) is 69.2 Å². The molecule has 1 saturated carbocycles. The van der Waals surface area contributed by atoms with Crippen LogP contribution in [0.15, 0.2) is 29.3 Å². The van der Waals surface area contributed by atoms with E-state index in [0.717, 1.165) is 76.0 Å². The Morgan fingerprint density at radius 3 is 2.77 bits per heavy atom. The predicted molar refractivity (Wildman–Crippen MR) is 120 cm³/mol. The highest BCUT2D eigenvalue weighted by molar-refractivity contribution is 5.93. The van der Waals surface area contributed by atoms with E-state index in [2.05, 4.69) is 33.4 Å². The van der Waals surface area contributed by atoms with Crippen LogP contribution >= 0.6 is 0 Å². The van der Waals surface area contributed by atoms with Crippen LogP contribution in [0.5, 0.6) is 0 Å². The summed E-state index contributed by atoms with van der Waals surface area (Å²) in [6.07, 6.45) is 4.38. The maximum absolute atomic E-state index is 12.2. The van der Waals surface area contributed by atoms with Gasteiger partial charge in [0.1, 0.15) is 0 Å². The van der Waals surface area contributed by atoms with Gasteiger partial charge in [0.15, 0.2) is 5.96 Å². The number of anilines is 1. The molecule has 3 aliphatic rings. The summed E-state index contributed by atoms with van der Waals surface area (Å²) in [6, 6.07) is 8.67. The van der Waals surface area contributed by atoms with Gasteiger partial charge in [-0.1, -0.05) is 18.6 Å². The summed E-state index contributed by atoms with van der Waals surface area (Å²) in [5.74, 6) is 1.33. The van der Waals surface area contributed by atoms with Crippen molar-refractivity contribution in [3.05, 3.63) is 29.8 Å². The Balaban J connectivity index is 1.35. The van der Waals surface area contributed by atoms with Crippen LogP contribution in [0.3, 0.4) is 0 Å². The Hall–Kier alpha value is -2.12. The van der Waals surface area contributed by atoms with Gasteiger partial charge < -0.3 is 20.3 Å². The molecule has 2 N–H and O–H groups in total. The third-order valence-electron chi connectivity index (χ3n) is 6.44. The van der Waals surface area contributed by atoms with E-state index in [1.54, 1.807) is 0 Å². The van der Waals surface area contributed by atoms with Crippen molar-refractivity contribution in [2.45, 2.75) is 45.2 Å². The Morgan fingerprint density at radius 1 is 1.20 bits per heavy atom. The molecule has 1 amide bonds. The van der Waals surface area contributed by atoms with E-state index in [4.69, 9.17) is 9.73 Å². The van der Waals surface area contributed by atoms with Crippen LogP contribution in [-0.2, 0) is 16.1 Å². The van der Waals surface area contributed by atoms with Crippen molar-refractivity contribution in [2.75, 3.05) is 51.3 Å². The number of hydrogen-bond donors (Lipinski definition) is 2. The fourth-order valence-electron chi connectivity index (χ4n) is 4.43. The number of rotatable bonds is 6. The summed E-state index contributed by atoms with van der Waals surface area (Å²) < 4.78 is 5.50. The van der Waals surface area contributed by atoms with Crippen LogP contribution < -0.4 is 10.6 Å². The van der Waals surface area contributed by atoms with E-state index in [-0.39, 0.29) is 11.8 Å². The molecule has 0 radical (unpaired) electrons. The van der Waals surface area contributed by atoms with Crippen LogP contribution in [0.2, 0.25) is 0 Å². The third kappa shape index (κ3) is 5.32. The van der Waals surface area contributed by atoms with Gasteiger partial charge in [-0.05, 0) is 43.9 Å². The quantitative estimate of drug-likeness (QED) is 0.553. The molecular formula is C23H35N5O2. The average molecular weight is 414 g/mol. The van der Waals surface area contributed by atoms with Gasteiger partial charge in [-0.25, -0.2) is 4.99 Å². The number of benzene rings is 1. The smallest absolute Gasteiger partial charge is 0.227 e. The van der Waals surface area contributed by atoms with Crippen molar-refractivity contribution in [1.82, 2.24) is 15.1 Å². The number of amides is 1. The minimum atomic E-state index is 0.154. The first kappa shape index (κ1) is 21.1. The van der Waals surface area contributed by atoms with E-state index in [1.165, 1.54) is 12.8 Å². The van der Waals surface area contributed by atoms with Crippen molar-refractivity contribution < 1.29 is 9.53 Å². The SMILES string of the molecule is CCNC(=NCc1cccc(NC(=O)C2CCC2)c1)N1CCC(N2CCOCC2)C1. The number of aliphatic imine (C=N–C) groups is 1. The fourth-order valence-corrected chi connectivity index (χ4v) is 4.43. The van der Waals surface area contributed by atoms with E-state index < -0.39 is 0 Å². The molecule has 164 valence electrons. The Bertz CT molecular complexity index is 743. The van der Waals surface area contributed by atoms with Crippen LogP contribution in [0.4, 0.5) is 5.69 Å². The van der Waals surface area contributed by atoms with E-state index in [1.807, 2.05) is 18.2 Å². The number of carbonyl (C=O) groups is 1. The second-order valence-corrected chi connectivity index (χ2v) is 8.52. The van der Waals surface area contributed by atoms with Gasteiger partial charge in [-0.15, -0.1) is 0 Å². The zero-order chi connectivity index (χ0) is 20.8. The maximum Gasteiger partial charge on any atom is 0.227 e. The highest BCUT2D eigenvalue weighted by Gasteiger charge is 2.30. The van der Waals surface area contributed by atoms with Gasteiger partial charge in [0, 0.05) is 50.4 Å². The van der Waals surface area contributed by atoms with Gasteiger partial charge in [-0.2, -0.15) is 0 Å². The summed E-state index contributed by atoms with van der Waals surface area (Å²) in [4.78, 5) is 22.1. The molecule has 1 aromatic rings. The average Bonchev–Trinajstić information content (AvgIpc) is 3.21. The van der Waals surface area contributed by atoms with Gasteiger partial charge in [0.2, 0.25) is 5.91 Å². The predicted octanol–water partition coefficient (Wildman–Crippen LogP) is 2.30. The number of hydrogen-bond acceptors (Lipinski definition) is 4. The van der Waals surface area contributed by atoms with Crippen LogP contribution in [0.25, 0.3) is 0 Å². The third-order valence-corrected chi connectivity index (χ3v) is 6.44. The molecule has 3 fully saturated rings. The molecule has 7 heteroatoms. The van der Waals surface area contributed by atoms with Gasteiger partial charge >= 0.3 is 0 Å². The van der Waals surface area contributed by atoms with Crippen molar-refractivity contribution in [3.63, 3.8) is 0 Å². The Labute approximate surface area is 179 Å². The Morgan fingerprint density at radius 2 is 2.03 bits per heavy atom. The molecule has 0 aromatic heterocycles. The van der Waals surface area contributed by atoms with Gasteiger partial charge in [-0.3, -0.25) is 9.69 Å². The summed E-state index contributed by atoms with van der Waals surface area (Å²) in [5, 5.41) is 6.52. The zero-order valence-corrected chi connectivity index (χ0v) is 18.1. The molecule has 1 unspecified atom stereocenters. The molecule has 2 saturated heterocycles. The summed E-state index contributed by atoms with van der Waals surface area (Å²) >= 11 is 0. The maximum atomic E-state index is 12.2. The lowest BCUT2D eigenvalue weighted by atomic mass is 9.85. The highest BCUT2D eigenvalue weighted by Crippen LogP contribution is 2.27. The lowest BCUT2D eigenvalue weighted by Gasteiger charge is -2.32. The van der Waals surface area contributed by atoms with Crippen LogP contribution in [-0.4, -0.2) is 73.6 Å². The standard InChI is InChI=1S/C23H35N5O2/c1-2-24-23(28-10-9-21(17-28)27-11-13-30-14-12-27)25-16-18-5-3-8-20(15-18)26-22(29)19-6-4-7-19/h3,5,8,15,19,21H,2,4,6-7,9-14,16-17H2,1H3,(H,24,25)(H,26,29). The number of ether oxygens (including phenoxy) is 1. The van der Waals surface area contributed by atoms with Crippen LogP contribution in [0, 0.1) is 5.92 Å². The molecule has 4 rings (SSSR count). The molecule has 30 heavy (non-hydrogen) atoms. The molecular weight excluding hydrogens is 378 g/mol. The largest absolute Gasteiger partial charge is 0.379 e. The summed E-state index contributed by atoms with van der Waals surface area (Å²) in [5.41, 5.74) is 1.99. The van der Waals surface area contributed by atoms with Crippen molar-refractivity contribution in [2.24, 2.45) is 10.9 Å². The van der Waals surface area contributed by atoms with Crippen molar-refractivity contribution >= 4 is 17.6 Å². The molecule has 0 spiro atoms. The normalized spacial score (nSPS) is 23.3. The first-order chi connectivity index (χ1) is 14.7. The number of nitrogens with one attached hydrogen (secondary N) is 2. The highest BCUT2D eigenvalue weighted by atomic mass is 16.5. The molecule has 2 heterocycles. The second-order valence-electron chi connectivity index (χ2n) is 8.52. The molecule has 1 aromatic carbocycles. The van der Waals surface area contributed by atoms with Gasteiger partial charge in [0.05, 0.1) is 19.8 Å². The van der Waals surface area contributed by atoms with E-state index >= 15 is 0 Å². The summed E-state index contributed by atoms with van der Waals surface area (Å²) in [6.45, 7) is 9.38. The second kappa shape index (κ2) is 10.3.